The summed E-state index contributed by atoms with van der Waals surface area (Å²) in [6.07, 6.45) is 40.3. The third-order valence-corrected chi connectivity index (χ3v) is 7.67. The van der Waals surface area contributed by atoms with E-state index in [0.717, 1.165) is 51.4 Å². The Morgan fingerprint density at radius 3 is 1.50 bits per heavy atom. The Labute approximate surface area is 248 Å². The van der Waals surface area contributed by atoms with Crippen LogP contribution in [0.3, 0.4) is 0 Å². The summed E-state index contributed by atoms with van der Waals surface area (Å²) < 4.78 is 5.60. The molecule has 0 aromatic heterocycles. The molecule has 0 rings (SSSR count). The number of hydrogen-bond acceptors (Lipinski definition) is 3. The van der Waals surface area contributed by atoms with E-state index in [9.17, 15) is 9.59 Å². The zero-order chi connectivity index (χ0) is 29.4. The molecule has 0 aromatic carbocycles. The number of carboxylic acid groups (broad SMARTS) is 1. The van der Waals surface area contributed by atoms with Crippen LogP contribution in [0.15, 0.2) is 24.3 Å². The third kappa shape index (κ3) is 32.6. The molecule has 4 nitrogen and oxygen atoms in total. The molecule has 0 heterocycles. The first-order valence-electron chi connectivity index (χ1n) is 17.3. The first kappa shape index (κ1) is 38.4. The van der Waals surface area contributed by atoms with Gasteiger partial charge in [-0.05, 0) is 64.7 Å². The quantitative estimate of drug-likeness (QED) is 0.0518. The molecule has 0 aliphatic rings. The number of hydrogen-bond donors (Lipinski definition) is 1. The van der Waals surface area contributed by atoms with Crippen molar-refractivity contribution in [3.05, 3.63) is 24.3 Å². The van der Waals surface area contributed by atoms with Crippen molar-refractivity contribution in [1.82, 2.24) is 0 Å². The van der Waals surface area contributed by atoms with Gasteiger partial charge >= 0.3 is 11.9 Å². The fourth-order valence-electron chi connectivity index (χ4n) is 5.08. The molecule has 0 aliphatic heterocycles. The molecule has 0 amide bonds. The van der Waals surface area contributed by atoms with Crippen LogP contribution in [0.4, 0.5) is 0 Å². The van der Waals surface area contributed by atoms with Crippen molar-refractivity contribution in [2.24, 2.45) is 0 Å². The molecule has 234 valence electrons. The molecular formula is C36H66O4. The predicted octanol–water partition coefficient (Wildman–Crippen LogP) is 11.7. The fourth-order valence-corrected chi connectivity index (χ4v) is 5.08. The summed E-state index contributed by atoms with van der Waals surface area (Å²) in [5.41, 5.74) is 0. The molecule has 0 spiro atoms. The number of aliphatic carboxylic acids is 1. The van der Waals surface area contributed by atoms with Gasteiger partial charge in [0.1, 0.15) is 0 Å². The molecule has 0 aliphatic carbocycles. The van der Waals surface area contributed by atoms with Gasteiger partial charge in [0.25, 0.3) is 0 Å². The van der Waals surface area contributed by atoms with Crippen molar-refractivity contribution >= 4 is 11.9 Å². The topological polar surface area (TPSA) is 63.6 Å². The van der Waals surface area contributed by atoms with Crippen molar-refractivity contribution < 1.29 is 19.4 Å². The van der Waals surface area contributed by atoms with E-state index in [1.807, 2.05) is 6.92 Å². The minimum Gasteiger partial charge on any atom is -0.481 e. The normalized spacial score (nSPS) is 12.4. The number of ether oxygens (including phenoxy) is 1. The van der Waals surface area contributed by atoms with E-state index in [4.69, 9.17) is 9.84 Å². The Bertz CT molecular complexity index is 610. The first-order chi connectivity index (χ1) is 19.6. The maximum atomic E-state index is 12.1. The van der Waals surface area contributed by atoms with E-state index in [-0.39, 0.29) is 12.1 Å². The minimum absolute atomic E-state index is 0.0209. The zero-order valence-electron chi connectivity index (χ0n) is 26.7. The zero-order valence-corrected chi connectivity index (χ0v) is 26.7. The summed E-state index contributed by atoms with van der Waals surface area (Å²) in [6.45, 7) is 4.28. The van der Waals surface area contributed by atoms with Crippen LogP contribution < -0.4 is 0 Å². The van der Waals surface area contributed by atoms with Crippen LogP contribution in [0.1, 0.15) is 187 Å². The summed E-state index contributed by atoms with van der Waals surface area (Å²) >= 11 is 0. The summed E-state index contributed by atoms with van der Waals surface area (Å²) in [6, 6.07) is 0. The van der Waals surface area contributed by atoms with Gasteiger partial charge in [-0.1, -0.05) is 134 Å². The molecule has 4 heteroatoms. The summed E-state index contributed by atoms with van der Waals surface area (Å²) in [5, 5.41) is 8.63. The molecule has 0 bridgehead atoms. The summed E-state index contributed by atoms with van der Waals surface area (Å²) in [4.78, 5) is 22.6. The Morgan fingerprint density at radius 1 is 0.575 bits per heavy atom. The van der Waals surface area contributed by atoms with Gasteiger partial charge in [0.15, 0.2) is 0 Å². The SMILES string of the molecule is CCCCC/C=C\C/C=C\CCCCCCCCCCCC(=O)OC(C)CCCCCCCCCCCC(=O)O. The second kappa shape index (κ2) is 31.9. The molecule has 0 aromatic rings. The largest absolute Gasteiger partial charge is 0.481 e. The highest BCUT2D eigenvalue weighted by Crippen LogP contribution is 2.15. The van der Waals surface area contributed by atoms with Crippen LogP contribution in [0, 0.1) is 0 Å². The lowest BCUT2D eigenvalue weighted by atomic mass is 10.0. The Hall–Kier alpha value is -1.58. The minimum atomic E-state index is -0.682. The van der Waals surface area contributed by atoms with Crippen LogP contribution in [0.25, 0.3) is 0 Å². The second-order valence-electron chi connectivity index (χ2n) is 11.8. The Kier molecular flexibility index (Phi) is 30.7. The molecule has 1 atom stereocenters. The maximum Gasteiger partial charge on any atom is 0.306 e. The number of carboxylic acids is 1. The Balaban J connectivity index is 3.34. The smallest absolute Gasteiger partial charge is 0.306 e. The van der Waals surface area contributed by atoms with Crippen LogP contribution in [0.2, 0.25) is 0 Å². The van der Waals surface area contributed by atoms with Gasteiger partial charge in [-0.3, -0.25) is 9.59 Å². The van der Waals surface area contributed by atoms with Gasteiger partial charge < -0.3 is 9.84 Å². The standard InChI is InChI=1S/C36H66O4/c1-3-4-5-6-7-8-9-10-11-12-13-14-15-16-17-21-24-27-30-33-36(39)40-34(2)31-28-25-22-19-18-20-23-26-29-32-35(37)38/h7-8,10-11,34H,3-6,9,12-33H2,1-2H3,(H,37,38)/b8-7-,11-10-. The second-order valence-corrected chi connectivity index (χ2v) is 11.8. The molecule has 40 heavy (non-hydrogen) atoms. The van der Waals surface area contributed by atoms with Crippen molar-refractivity contribution in [1.29, 1.82) is 0 Å². The number of allylic oxidation sites excluding steroid dienone is 4. The molecule has 0 radical (unpaired) electrons. The van der Waals surface area contributed by atoms with Crippen LogP contribution in [0.5, 0.6) is 0 Å². The fraction of sp³-hybridized carbons (Fsp3) is 0.833. The van der Waals surface area contributed by atoms with E-state index in [0.29, 0.717) is 12.8 Å². The molecule has 0 saturated heterocycles. The van der Waals surface area contributed by atoms with Gasteiger partial charge in [0, 0.05) is 12.8 Å². The van der Waals surface area contributed by atoms with Gasteiger partial charge in [-0.2, -0.15) is 0 Å². The van der Waals surface area contributed by atoms with Crippen LogP contribution in [-0.4, -0.2) is 23.1 Å². The molecule has 1 unspecified atom stereocenters. The van der Waals surface area contributed by atoms with Crippen molar-refractivity contribution in [2.45, 2.75) is 193 Å². The van der Waals surface area contributed by atoms with E-state index in [2.05, 4.69) is 31.2 Å². The van der Waals surface area contributed by atoms with Crippen LogP contribution >= 0.6 is 0 Å². The highest BCUT2D eigenvalue weighted by molar-refractivity contribution is 5.69. The Morgan fingerprint density at radius 2 is 1.00 bits per heavy atom. The first-order valence-corrected chi connectivity index (χ1v) is 17.3. The molecule has 0 fully saturated rings. The lowest BCUT2D eigenvalue weighted by molar-refractivity contribution is -0.148. The number of carbonyl (C=O) groups is 2. The van der Waals surface area contributed by atoms with Crippen molar-refractivity contribution in [3.8, 4) is 0 Å². The van der Waals surface area contributed by atoms with E-state index in [1.54, 1.807) is 0 Å². The monoisotopic (exact) mass is 562 g/mol. The predicted molar refractivity (Wildman–Crippen MR) is 172 cm³/mol. The number of carbonyl (C=O) groups excluding carboxylic acids is 1. The average molecular weight is 563 g/mol. The highest BCUT2D eigenvalue weighted by Gasteiger charge is 2.09. The number of rotatable bonds is 31. The maximum absolute atomic E-state index is 12.1. The lowest BCUT2D eigenvalue weighted by Crippen LogP contribution is -2.14. The molecule has 1 N–H and O–H groups in total. The number of unbranched alkanes of at least 4 members (excludes halogenated alkanes) is 20. The van der Waals surface area contributed by atoms with E-state index in [1.165, 1.54) is 109 Å². The van der Waals surface area contributed by atoms with E-state index < -0.39 is 5.97 Å². The van der Waals surface area contributed by atoms with Gasteiger partial charge in [-0.15, -0.1) is 0 Å². The van der Waals surface area contributed by atoms with Gasteiger partial charge in [-0.25, -0.2) is 0 Å². The lowest BCUT2D eigenvalue weighted by Gasteiger charge is -2.13. The van der Waals surface area contributed by atoms with Crippen LogP contribution in [-0.2, 0) is 14.3 Å². The van der Waals surface area contributed by atoms with Crippen molar-refractivity contribution in [3.63, 3.8) is 0 Å². The van der Waals surface area contributed by atoms with Gasteiger partial charge in [0.05, 0.1) is 6.10 Å². The van der Waals surface area contributed by atoms with E-state index >= 15 is 0 Å². The summed E-state index contributed by atoms with van der Waals surface area (Å²) in [5.74, 6) is -0.703. The molecule has 0 saturated carbocycles. The third-order valence-electron chi connectivity index (χ3n) is 7.67. The van der Waals surface area contributed by atoms with Crippen molar-refractivity contribution in [2.75, 3.05) is 0 Å². The van der Waals surface area contributed by atoms with Gasteiger partial charge in [0.2, 0.25) is 0 Å². The number of esters is 1. The molecular weight excluding hydrogens is 496 g/mol. The summed E-state index contributed by atoms with van der Waals surface area (Å²) in [7, 11) is 0. The average Bonchev–Trinajstić information content (AvgIpc) is 2.92. The highest BCUT2D eigenvalue weighted by atomic mass is 16.5.